The van der Waals surface area contributed by atoms with Gasteiger partial charge in [0.2, 0.25) is 0 Å². The lowest BCUT2D eigenvalue weighted by atomic mass is 9.76. The first kappa shape index (κ1) is 17.5. The Balaban J connectivity index is 1.85. The highest BCUT2D eigenvalue weighted by Crippen LogP contribution is 2.51. The summed E-state index contributed by atoms with van der Waals surface area (Å²) >= 11 is 6.41. The van der Waals surface area contributed by atoms with E-state index in [1.165, 1.54) is 19.2 Å². The third-order valence-corrected chi connectivity index (χ3v) is 5.67. The second-order valence-electron chi connectivity index (χ2n) is 6.70. The molecule has 1 N–H and O–H groups in total. The van der Waals surface area contributed by atoms with Crippen molar-refractivity contribution in [2.24, 2.45) is 5.92 Å². The number of rotatable bonds is 3. The Hall–Kier alpha value is -2.86. The van der Waals surface area contributed by atoms with E-state index in [1.807, 2.05) is 12.1 Å². The van der Waals surface area contributed by atoms with Gasteiger partial charge in [-0.3, -0.25) is 10.1 Å². The number of benzene rings is 2. The number of nitro groups is 1. The zero-order chi connectivity index (χ0) is 19.1. The lowest BCUT2D eigenvalue weighted by molar-refractivity contribution is -0.384. The van der Waals surface area contributed by atoms with Gasteiger partial charge in [-0.1, -0.05) is 35.9 Å². The van der Waals surface area contributed by atoms with Gasteiger partial charge in [0, 0.05) is 28.6 Å². The second-order valence-corrected chi connectivity index (χ2v) is 7.11. The van der Waals surface area contributed by atoms with E-state index < -0.39 is 10.9 Å². The van der Waals surface area contributed by atoms with Crippen LogP contribution < -0.4 is 5.32 Å². The number of nitrogens with one attached hydrogen (secondary N) is 1. The molecule has 2 aromatic carbocycles. The average Bonchev–Trinajstić information content (AvgIpc) is 3.16. The summed E-state index contributed by atoms with van der Waals surface area (Å²) in [6.45, 7) is 0. The van der Waals surface area contributed by atoms with Crippen LogP contribution in [-0.2, 0) is 4.74 Å². The molecular formula is C20H17ClN2O4. The van der Waals surface area contributed by atoms with Crippen LogP contribution in [-0.4, -0.2) is 18.0 Å². The Morgan fingerprint density at radius 2 is 2.11 bits per heavy atom. The molecule has 7 heteroatoms. The number of esters is 1. The molecule has 1 aliphatic heterocycles. The van der Waals surface area contributed by atoms with Crippen LogP contribution in [0, 0.1) is 16.0 Å². The van der Waals surface area contributed by atoms with Crippen molar-refractivity contribution < 1.29 is 14.5 Å². The van der Waals surface area contributed by atoms with Gasteiger partial charge in [0.05, 0.1) is 29.3 Å². The molecule has 6 nitrogen and oxygen atoms in total. The van der Waals surface area contributed by atoms with Crippen LogP contribution in [0.1, 0.15) is 39.9 Å². The van der Waals surface area contributed by atoms with Gasteiger partial charge in [0.1, 0.15) is 0 Å². The lowest BCUT2D eigenvalue weighted by Gasteiger charge is -2.38. The van der Waals surface area contributed by atoms with Crippen LogP contribution in [0.2, 0.25) is 5.02 Å². The molecule has 0 fully saturated rings. The van der Waals surface area contributed by atoms with E-state index in [0.717, 1.165) is 12.0 Å². The Morgan fingerprint density at radius 1 is 1.30 bits per heavy atom. The van der Waals surface area contributed by atoms with Crippen molar-refractivity contribution in [2.75, 3.05) is 12.4 Å². The van der Waals surface area contributed by atoms with Gasteiger partial charge in [0.25, 0.3) is 5.69 Å². The molecule has 1 heterocycles. The first-order valence-corrected chi connectivity index (χ1v) is 8.97. The standard InChI is InChI=1S/C20H17ClN2O4/c1-27-20(24)15-7-3-6-13-12-4-2-5-14(12)19(22-18(13)15)16-10-11(23(25)26)8-9-17(16)21/h2-4,6-10,12,14,19,22H,5H2,1H3/t12-,14+,19-/m0/s1. The number of fused-ring (bicyclic) bond motifs is 3. The number of ether oxygens (including phenoxy) is 1. The van der Waals surface area contributed by atoms with E-state index in [1.54, 1.807) is 12.1 Å². The number of allylic oxidation sites excluding steroid dienone is 2. The maximum Gasteiger partial charge on any atom is 0.339 e. The van der Waals surface area contributed by atoms with Gasteiger partial charge in [-0.2, -0.15) is 0 Å². The maximum absolute atomic E-state index is 12.2. The summed E-state index contributed by atoms with van der Waals surface area (Å²) in [5.74, 6) is -0.167. The molecule has 0 radical (unpaired) electrons. The van der Waals surface area contributed by atoms with E-state index in [2.05, 4.69) is 17.5 Å². The monoisotopic (exact) mass is 384 g/mol. The highest BCUT2D eigenvalue weighted by Gasteiger charge is 2.40. The first-order valence-electron chi connectivity index (χ1n) is 8.59. The molecule has 0 spiro atoms. The highest BCUT2D eigenvalue weighted by molar-refractivity contribution is 6.31. The molecule has 4 rings (SSSR count). The number of halogens is 1. The Bertz CT molecular complexity index is 972. The Morgan fingerprint density at radius 3 is 2.85 bits per heavy atom. The molecule has 0 saturated carbocycles. The van der Waals surface area contributed by atoms with Crippen LogP contribution in [0.3, 0.4) is 0 Å². The molecule has 0 bridgehead atoms. The fraction of sp³-hybridized carbons (Fsp3) is 0.250. The summed E-state index contributed by atoms with van der Waals surface area (Å²) < 4.78 is 4.92. The zero-order valence-electron chi connectivity index (χ0n) is 14.5. The molecule has 2 aromatic rings. The molecule has 0 amide bonds. The number of para-hydroxylation sites is 1. The third kappa shape index (κ3) is 2.86. The number of non-ortho nitro benzene ring substituents is 1. The molecule has 138 valence electrons. The second kappa shape index (κ2) is 6.70. The number of anilines is 1. The number of methoxy groups -OCH3 is 1. The van der Waals surface area contributed by atoms with Crippen molar-refractivity contribution in [3.05, 3.63) is 80.4 Å². The summed E-state index contributed by atoms with van der Waals surface area (Å²) in [5.41, 5.74) is 2.82. The summed E-state index contributed by atoms with van der Waals surface area (Å²) in [7, 11) is 1.34. The van der Waals surface area contributed by atoms with Crippen molar-refractivity contribution in [2.45, 2.75) is 18.4 Å². The molecule has 1 aliphatic carbocycles. The molecule has 0 aromatic heterocycles. The minimum Gasteiger partial charge on any atom is -0.465 e. The van der Waals surface area contributed by atoms with Gasteiger partial charge < -0.3 is 10.1 Å². The largest absolute Gasteiger partial charge is 0.465 e. The normalized spacial score (nSPS) is 22.5. The topological polar surface area (TPSA) is 81.5 Å². The summed E-state index contributed by atoms with van der Waals surface area (Å²) in [6, 6.07) is 9.76. The quantitative estimate of drug-likeness (QED) is 0.353. The maximum atomic E-state index is 12.2. The minimum absolute atomic E-state index is 0.00856. The SMILES string of the molecule is COC(=O)c1cccc2c1N[C@H](c1cc([N+](=O)[O-])ccc1Cl)[C@@H]1CC=C[C@@H]21. The fourth-order valence-corrected chi connectivity index (χ4v) is 4.33. The van der Waals surface area contributed by atoms with Crippen molar-refractivity contribution in [1.82, 2.24) is 0 Å². The number of carbonyl (C=O) groups excluding carboxylic acids is 1. The number of carbonyl (C=O) groups is 1. The van der Waals surface area contributed by atoms with Crippen LogP contribution in [0.4, 0.5) is 11.4 Å². The van der Waals surface area contributed by atoms with Gasteiger partial charge in [-0.05, 0) is 30.0 Å². The van der Waals surface area contributed by atoms with Crippen LogP contribution in [0.25, 0.3) is 0 Å². The molecule has 27 heavy (non-hydrogen) atoms. The summed E-state index contributed by atoms with van der Waals surface area (Å²) in [5, 5.41) is 15.1. The van der Waals surface area contributed by atoms with Crippen LogP contribution in [0.5, 0.6) is 0 Å². The van der Waals surface area contributed by atoms with Gasteiger partial charge >= 0.3 is 5.97 Å². The van der Waals surface area contributed by atoms with Crippen molar-refractivity contribution in [1.29, 1.82) is 0 Å². The first-order chi connectivity index (χ1) is 13.0. The lowest BCUT2D eigenvalue weighted by Crippen LogP contribution is -2.30. The zero-order valence-corrected chi connectivity index (χ0v) is 15.3. The summed E-state index contributed by atoms with van der Waals surface area (Å²) in [4.78, 5) is 23.0. The van der Waals surface area contributed by atoms with E-state index in [9.17, 15) is 14.9 Å². The molecule has 0 unspecified atom stereocenters. The number of hydrogen-bond acceptors (Lipinski definition) is 5. The van der Waals surface area contributed by atoms with E-state index in [-0.39, 0.29) is 23.6 Å². The average molecular weight is 385 g/mol. The predicted molar refractivity (Wildman–Crippen MR) is 102 cm³/mol. The fourth-order valence-electron chi connectivity index (χ4n) is 4.09. The van der Waals surface area contributed by atoms with Crippen LogP contribution in [0.15, 0.2) is 48.6 Å². The van der Waals surface area contributed by atoms with E-state index in [0.29, 0.717) is 21.8 Å². The highest BCUT2D eigenvalue weighted by atomic mass is 35.5. The van der Waals surface area contributed by atoms with E-state index in [4.69, 9.17) is 16.3 Å². The summed E-state index contributed by atoms with van der Waals surface area (Å²) in [6.07, 6.45) is 5.06. The van der Waals surface area contributed by atoms with Crippen molar-refractivity contribution in [3.63, 3.8) is 0 Å². The van der Waals surface area contributed by atoms with Gasteiger partial charge in [-0.25, -0.2) is 4.79 Å². The number of nitro benzene ring substituents is 1. The Labute approximate surface area is 160 Å². The molecule has 0 saturated heterocycles. The van der Waals surface area contributed by atoms with Gasteiger partial charge in [0.15, 0.2) is 0 Å². The smallest absolute Gasteiger partial charge is 0.339 e. The van der Waals surface area contributed by atoms with Crippen LogP contribution >= 0.6 is 11.6 Å². The molecule has 3 atom stereocenters. The third-order valence-electron chi connectivity index (χ3n) is 5.33. The molecule has 2 aliphatic rings. The number of nitrogens with zero attached hydrogens (tertiary/aromatic N) is 1. The van der Waals surface area contributed by atoms with Gasteiger partial charge in [-0.15, -0.1) is 0 Å². The Kier molecular flexibility index (Phi) is 4.36. The van der Waals surface area contributed by atoms with E-state index >= 15 is 0 Å². The predicted octanol–water partition coefficient (Wildman–Crippen LogP) is 4.86. The number of hydrogen-bond donors (Lipinski definition) is 1. The van der Waals surface area contributed by atoms with Crippen molar-refractivity contribution >= 4 is 28.9 Å². The minimum atomic E-state index is -0.430. The van der Waals surface area contributed by atoms with Crippen molar-refractivity contribution in [3.8, 4) is 0 Å². The molecular weight excluding hydrogens is 368 g/mol.